The molecule has 0 saturated heterocycles. The summed E-state index contributed by atoms with van der Waals surface area (Å²) in [7, 11) is 0. The molecule has 3 nitrogen and oxygen atoms in total. The quantitative estimate of drug-likeness (QED) is 0.775. The summed E-state index contributed by atoms with van der Waals surface area (Å²) in [6.07, 6.45) is 3.55. The molecule has 0 aliphatic heterocycles. The molecule has 2 rings (SSSR count). The summed E-state index contributed by atoms with van der Waals surface area (Å²) < 4.78 is 0. The van der Waals surface area contributed by atoms with Crippen molar-refractivity contribution < 1.29 is 0 Å². The largest absolute Gasteiger partial charge is 0.258 e. The van der Waals surface area contributed by atoms with Crippen LogP contribution in [0.15, 0.2) is 41.6 Å². The average Bonchev–Trinajstić information content (AvgIpc) is 2.38. The van der Waals surface area contributed by atoms with Crippen LogP contribution in [0.2, 0.25) is 0 Å². The van der Waals surface area contributed by atoms with Crippen LogP contribution in [0.1, 0.15) is 17.0 Å². The summed E-state index contributed by atoms with van der Waals surface area (Å²) in [6.45, 7) is 1.92. The molecule has 0 bridgehead atoms. The lowest BCUT2D eigenvalue weighted by Crippen LogP contribution is -1.90. The molecule has 2 aromatic rings. The Bertz CT molecular complexity index is 543. The second kappa shape index (κ2) is 5.46. The number of rotatable bonds is 3. The van der Waals surface area contributed by atoms with E-state index in [0.717, 1.165) is 22.0 Å². The summed E-state index contributed by atoms with van der Waals surface area (Å²) in [6, 6.07) is 9.70. The predicted molar refractivity (Wildman–Crippen MR) is 67.5 cm³/mol. The molecule has 0 amide bonds. The van der Waals surface area contributed by atoms with Gasteiger partial charge in [-0.2, -0.15) is 5.26 Å². The Hall–Kier alpha value is -1.86. The molecule has 1 heterocycles. The SMILES string of the molecule is Cc1cnc(CSc2cccc(C#N)c2)cn1. The zero-order valence-electron chi connectivity index (χ0n) is 9.42. The molecule has 0 N–H and O–H groups in total. The van der Waals surface area contributed by atoms with Crippen molar-refractivity contribution in [2.75, 3.05) is 0 Å². The molecule has 0 aliphatic carbocycles. The fraction of sp³-hybridized carbons (Fsp3) is 0.154. The highest BCUT2D eigenvalue weighted by molar-refractivity contribution is 7.98. The monoisotopic (exact) mass is 241 g/mol. The topological polar surface area (TPSA) is 49.6 Å². The highest BCUT2D eigenvalue weighted by atomic mass is 32.2. The first-order valence-electron chi connectivity index (χ1n) is 5.18. The normalized spacial score (nSPS) is 9.88. The molecule has 0 fully saturated rings. The highest BCUT2D eigenvalue weighted by Crippen LogP contribution is 2.22. The van der Waals surface area contributed by atoms with E-state index < -0.39 is 0 Å². The van der Waals surface area contributed by atoms with Crippen molar-refractivity contribution in [1.82, 2.24) is 9.97 Å². The van der Waals surface area contributed by atoms with E-state index >= 15 is 0 Å². The Morgan fingerprint density at radius 2 is 2.18 bits per heavy atom. The molecule has 0 saturated carbocycles. The van der Waals surface area contributed by atoms with Crippen LogP contribution in [0.4, 0.5) is 0 Å². The second-order valence-electron chi connectivity index (χ2n) is 3.58. The minimum absolute atomic E-state index is 0.685. The first kappa shape index (κ1) is 11.6. The Morgan fingerprint density at radius 1 is 1.29 bits per heavy atom. The van der Waals surface area contributed by atoms with Crippen LogP contribution in [0, 0.1) is 18.3 Å². The molecule has 17 heavy (non-hydrogen) atoms. The summed E-state index contributed by atoms with van der Waals surface area (Å²) in [5.74, 6) is 0.766. The van der Waals surface area contributed by atoms with Crippen LogP contribution in [0.3, 0.4) is 0 Å². The van der Waals surface area contributed by atoms with Crippen LogP contribution in [0.5, 0.6) is 0 Å². The van der Waals surface area contributed by atoms with E-state index in [0.29, 0.717) is 5.56 Å². The first-order chi connectivity index (χ1) is 8.28. The van der Waals surface area contributed by atoms with Gasteiger partial charge in [0.1, 0.15) is 0 Å². The van der Waals surface area contributed by atoms with Gasteiger partial charge >= 0.3 is 0 Å². The van der Waals surface area contributed by atoms with Crippen molar-refractivity contribution in [2.24, 2.45) is 0 Å². The van der Waals surface area contributed by atoms with Crippen molar-refractivity contribution in [2.45, 2.75) is 17.6 Å². The van der Waals surface area contributed by atoms with Gasteiger partial charge in [-0.1, -0.05) is 6.07 Å². The molecule has 84 valence electrons. The van der Waals surface area contributed by atoms with Crippen LogP contribution < -0.4 is 0 Å². The van der Waals surface area contributed by atoms with Crippen molar-refractivity contribution in [3.63, 3.8) is 0 Å². The fourth-order valence-corrected chi connectivity index (χ4v) is 2.16. The maximum Gasteiger partial charge on any atom is 0.0992 e. The van der Waals surface area contributed by atoms with Gasteiger partial charge in [0.2, 0.25) is 0 Å². The van der Waals surface area contributed by atoms with Gasteiger partial charge in [-0.25, -0.2) is 0 Å². The number of nitriles is 1. The van der Waals surface area contributed by atoms with E-state index in [9.17, 15) is 0 Å². The number of thioether (sulfide) groups is 1. The molecule has 1 aromatic carbocycles. The van der Waals surface area contributed by atoms with Crippen LogP contribution in [-0.2, 0) is 5.75 Å². The number of hydrogen-bond donors (Lipinski definition) is 0. The smallest absolute Gasteiger partial charge is 0.0992 e. The molecule has 0 aliphatic rings. The number of nitrogens with zero attached hydrogens (tertiary/aromatic N) is 3. The molecule has 0 radical (unpaired) electrons. The first-order valence-corrected chi connectivity index (χ1v) is 6.17. The van der Waals surface area contributed by atoms with Gasteiger partial charge in [0, 0.05) is 23.0 Å². The highest BCUT2D eigenvalue weighted by Gasteiger charge is 1.99. The van der Waals surface area contributed by atoms with Crippen molar-refractivity contribution in [3.8, 4) is 6.07 Å². The van der Waals surface area contributed by atoms with Gasteiger partial charge in [0.15, 0.2) is 0 Å². The van der Waals surface area contributed by atoms with E-state index in [4.69, 9.17) is 5.26 Å². The lowest BCUT2D eigenvalue weighted by atomic mass is 10.2. The van der Waals surface area contributed by atoms with Crippen molar-refractivity contribution in [3.05, 3.63) is 53.6 Å². The zero-order chi connectivity index (χ0) is 12.1. The van der Waals surface area contributed by atoms with Gasteiger partial charge < -0.3 is 0 Å². The Kier molecular flexibility index (Phi) is 3.73. The third kappa shape index (κ3) is 3.30. The van der Waals surface area contributed by atoms with E-state index in [2.05, 4.69) is 16.0 Å². The Morgan fingerprint density at radius 3 is 2.88 bits per heavy atom. The van der Waals surface area contributed by atoms with Gasteiger partial charge in [-0.15, -0.1) is 11.8 Å². The zero-order valence-corrected chi connectivity index (χ0v) is 10.2. The third-order valence-corrected chi connectivity index (χ3v) is 3.21. The maximum absolute atomic E-state index is 8.80. The average molecular weight is 241 g/mol. The molecule has 4 heteroatoms. The van der Waals surface area contributed by atoms with Gasteiger partial charge in [-0.05, 0) is 25.1 Å². The van der Waals surface area contributed by atoms with Gasteiger partial charge in [0.05, 0.1) is 23.0 Å². The number of aryl methyl sites for hydroxylation is 1. The number of hydrogen-bond acceptors (Lipinski definition) is 4. The third-order valence-electron chi connectivity index (χ3n) is 2.18. The summed E-state index contributed by atoms with van der Waals surface area (Å²) >= 11 is 1.66. The minimum Gasteiger partial charge on any atom is -0.258 e. The lowest BCUT2D eigenvalue weighted by Gasteiger charge is -2.01. The van der Waals surface area contributed by atoms with Gasteiger partial charge in [0.25, 0.3) is 0 Å². The standard InChI is InChI=1S/C13H11N3S/c1-10-7-16-12(8-15-10)9-17-13-4-2-3-11(5-13)6-14/h2-5,7-8H,9H2,1H3. The van der Waals surface area contributed by atoms with Crippen LogP contribution in [-0.4, -0.2) is 9.97 Å². The maximum atomic E-state index is 8.80. The minimum atomic E-state index is 0.685. The summed E-state index contributed by atoms with van der Waals surface area (Å²) in [5, 5.41) is 8.80. The van der Waals surface area contributed by atoms with E-state index in [-0.39, 0.29) is 0 Å². The van der Waals surface area contributed by atoms with Crippen molar-refractivity contribution >= 4 is 11.8 Å². The van der Waals surface area contributed by atoms with Gasteiger partial charge in [-0.3, -0.25) is 9.97 Å². The predicted octanol–water partition coefficient (Wildman–Crippen LogP) is 2.95. The molecule has 0 unspecified atom stereocenters. The molecule has 0 atom stereocenters. The molecular weight excluding hydrogens is 230 g/mol. The number of aromatic nitrogens is 2. The summed E-state index contributed by atoms with van der Waals surface area (Å²) in [5.41, 5.74) is 2.55. The summed E-state index contributed by atoms with van der Waals surface area (Å²) in [4.78, 5) is 9.56. The van der Waals surface area contributed by atoms with Crippen LogP contribution >= 0.6 is 11.8 Å². The Labute approximate surface area is 105 Å². The second-order valence-corrected chi connectivity index (χ2v) is 4.63. The molecule has 0 spiro atoms. The number of benzene rings is 1. The van der Waals surface area contributed by atoms with E-state index in [1.165, 1.54) is 0 Å². The Balaban J connectivity index is 2.02. The molecular formula is C13H11N3S. The molecule has 1 aromatic heterocycles. The van der Waals surface area contributed by atoms with E-state index in [1.807, 2.05) is 25.1 Å². The van der Waals surface area contributed by atoms with Crippen LogP contribution in [0.25, 0.3) is 0 Å². The fourth-order valence-electron chi connectivity index (χ4n) is 1.31. The van der Waals surface area contributed by atoms with E-state index in [1.54, 1.807) is 30.2 Å². The lowest BCUT2D eigenvalue weighted by molar-refractivity contribution is 1.05. The van der Waals surface area contributed by atoms with Crippen molar-refractivity contribution in [1.29, 1.82) is 5.26 Å².